The molecule has 2 aromatic rings. The van der Waals surface area contributed by atoms with Gasteiger partial charge in [0.1, 0.15) is 12.3 Å². The number of hydrogen-bond acceptors (Lipinski definition) is 4. The van der Waals surface area contributed by atoms with Crippen LogP contribution in [0, 0.1) is 6.92 Å². The topological polar surface area (TPSA) is 75.4 Å². The van der Waals surface area contributed by atoms with E-state index < -0.39 is 0 Å². The lowest BCUT2D eigenvalue weighted by Gasteiger charge is -2.22. The maximum absolute atomic E-state index is 12.3. The molecular formula is C16H17N3O3. The van der Waals surface area contributed by atoms with Crippen molar-refractivity contribution in [1.82, 2.24) is 5.16 Å². The average Bonchev–Trinajstić information content (AvgIpc) is 2.83. The number of anilines is 2. The summed E-state index contributed by atoms with van der Waals surface area (Å²) in [4.78, 5) is 26.0. The summed E-state index contributed by atoms with van der Waals surface area (Å²) < 4.78 is 4.91. The van der Waals surface area contributed by atoms with Crippen LogP contribution in [0.25, 0.3) is 0 Å². The van der Waals surface area contributed by atoms with Crippen molar-refractivity contribution >= 4 is 23.3 Å². The Bertz CT molecular complexity index is 708. The van der Waals surface area contributed by atoms with Crippen LogP contribution in [0.2, 0.25) is 0 Å². The van der Waals surface area contributed by atoms with Crippen LogP contribution in [0.15, 0.2) is 34.9 Å². The Kier molecular flexibility index (Phi) is 3.91. The van der Waals surface area contributed by atoms with Crippen molar-refractivity contribution in [2.75, 3.05) is 16.8 Å². The largest absolute Gasteiger partial charge is 0.360 e. The van der Waals surface area contributed by atoms with Gasteiger partial charge in [0.15, 0.2) is 5.82 Å². The van der Waals surface area contributed by atoms with Crippen LogP contribution in [0.1, 0.15) is 24.2 Å². The number of carbonyl (C=O) groups is 2. The van der Waals surface area contributed by atoms with E-state index in [0.717, 1.165) is 24.1 Å². The van der Waals surface area contributed by atoms with Gasteiger partial charge in [-0.1, -0.05) is 23.4 Å². The molecule has 6 heteroatoms. The number of aromatic nitrogens is 1. The number of para-hydroxylation sites is 1. The highest BCUT2D eigenvalue weighted by Gasteiger charge is 2.24. The lowest BCUT2D eigenvalue weighted by Crippen LogP contribution is -2.37. The molecule has 0 aliphatic carbocycles. The first-order valence-corrected chi connectivity index (χ1v) is 7.25. The third-order valence-electron chi connectivity index (χ3n) is 3.62. The van der Waals surface area contributed by atoms with E-state index in [1.807, 2.05) is 24.3 Å². The third-order valence-corrected chi connectivity index (χ3v) is 3.62. The molecule has 22 heavy (non-hydrogen) atoms. The van der Waals surface area contributed by atoms with Gasteiger partial charge in [0.2, 0.25) is 11.8 Å². The molecule has 0 atom stereocenters. The Labute approximate surface area is 128 Å². The minimum Gasteiger partial charge on any atom is -0.360 e. The minimum absolute atomic E-state index is 0.0260. The monoisotopic (exact) mass is 299 g/mol. The summed E-state index contributed by atoms with van der Waals surface area (Å²) in [5.41, 5.74) is 1.91. The van der Waals surface area contributed by atoms with E-state index in [9.17, 15) is 9.59 Å². The smallest absolute Gasteiger partial charge is 0.245 e. The molecule has 1 aliphatic rings. The van der Waals surface area contributed by atoms with Crippen LogP contribution in [0.3, 0.4) is 0 Å². The van der Waals surface area contributed by atoms with Gasteiger partial charge in [-0.3, -0.25) is 9.59 Å². The SMILES string of the molecule is Cc1cc(NC(=O)CN2C(=O)CCCc3ccccc32)no1. The van der Waals surface area contributed by atoms with Gasteiger partial charge in [-0.25, -0.2) is 0 Å². The molecule has 1 aliphatic heterocycles. The van der Waals surface area contributed by atoms with Gasteiger partial charge >= 0.3 is 0 Å². The third kappa shape index (κ3) is 3.00. The molecular weight excluding hydrogens is 282 g/mol. The van der Waals surface area contributed by atoms with E-state index in [-0.39, 0.29) is 18.4 Å². The fourth-order valence-electron chi connectivity index (χ4n) is 2.61. The maximum atomic E-state index is 12.3. The van der Waals surface area contributed by atoms with Gasteiger partial charge in [0, 0.05) is 18.2 Å². The van der Waals surface area contributed by atoms with Crippen molar-refractivity contribution in [2.45, 2.75) is 26.2 Å². The molecule has 1 aromatic heterocycles. The lowest BCUT2D eigenvalue weighted by atomic mass is 10.1. The Balaban J connectivity index is 1.77. The minimum atomic E-state index is -0.293. The van der Waals surface area contributed by atoms with Crippen LogP contribution in [0.5, 0.6) is 0 Å². The predicted octanol–water partition coefficient (Wildman–Crippen LogP) is 2.29. The van der Waals surface area contributed by atoms with E-state index in [0.29, 0.717) is 18.0 Å². The standard InChI is InChI=1S/C16H17N3O3/c1-11-9-14(18-22-11)17-15(20)10-19-13-7-3-2-5-12(13)6-4-8-16(19)21/h2-3,5,7,9H,4,6,8,10H2,1H3,(H,17,18,20). The molecule has 1 aromatic carbocycles. The highest BCUT2D eigenvalue weighted by molar-refractivity contribution is 6.03. The summed E-state index contributed by atoms with van der Waals surface area (Å²) in [5.74, 6) is 0.652. The Morgan fingerprint density at radius 1 is 1.36 bits per heavy atom. The Morgan fingerprint density at radius 2 is 2.18 bits per heavy atom. The highest BCUT2D eigenvalue weighted by Crippen LogP contribution is 2.26. The quantitative estimate of drug-likeness (QED) is 0.943. The number of hydrogen-bond donors (Lipinski definition) is 1. The summed E-state index contributed by atoms with van der Waals surface area (Å²) in [6, 6.07) is 9.34. The molecule has 2 heterocycles. The summed E-state index contributed by atoms with van der Waals surface area (Å²) in [6.07, 6.45) is 2.10. The Morgan fingerprint density at radius 3 is 2.95 bits per heavy atom. The fourth-order valence-corrected chi connectivity index (χ4v) is 2.61. The molecule has 0 spiro atoms. The molecule has 2 amide bonds. The first-order chi connectivity index (χ1) is 10.6. The van der Waals surface area contributed by atoms with Gasteiger partial charge in [-0.15, -0.1) is 0 Å². The molecule has 6 nitrogen and oxygen atoms in total. The number of nitrogens with one attached hydrogen (secondary N) is 1. The summed E-state index contributed by atoms with van der Waals surface area (Å²) in [6.45, 7) is 1.72. The number of benzene rings is 1. The first kappa shape index (κ1) is 14.3. The Hall–Kier alpha value is -2.63. The molecule has 0 unspecified atom stereocenters. The predicted molar refractivity (Wildman–Crippen MR) is 81.6 cm³/mol. The zero-order chi connectivity index (χ0) is 15.5. The van der Waals surface area contributed by atoms with E-state index in [1.54, 1.807) is 17.9 Å². The molecule has 114 valence electrons. The number of carbonyl (C=O) groups excluding carboxylic acids is 2. The van der Waals surface area contributed by atoms with E-state index >= 15 is 0 Å². The normalized spacial score (nSPS) is 14.4. The van der Waals surface area contributed by atoms with Gasteiger partial charge in [-0.2, -0.15) is 0 Å². The number of amides is 2. The van der Waals surface area contributed by atoms with E-state index in [2.05, 4.69) is 10.5 Å². The zero-order valence-corrected chi connectivity index (χ0v) is 12.3. The molecule has 0 bridgehead atoms. The van der Waals surface area contributed by atoms with Crippen LogP contribution < -0.4 is 10.2 Å². The number of rotatable bonds is 3. The van der Waals surface area contributed by atoms with Crippen molar-refractivity contribution in [3.8, 4) is 0 Å². The molecule has 0 saturated heterocycles. The second-order valence-electron chi connectivity index (χ2n) is 5.33. The van der Waals surface area contributed by atoms with E-state index in [4.69, 9.17) is 4.52 Å². The fraction of sp³-hybridized carbons (Fsp3) is 0.312. The maximum Gasteiger partial charge on any atom is 0.245 e. The molecule has 0 saturated carbocycles. The van der Waals surface area contributed by atoms with Crippen LogP contribution in [0.4, 0.5) is 11.5 Å². The summed E-state index contributed by atoms with van der Waals surface area (Å²) in [7, 11) is 0. The van der Waals surface area contributed by atoms with Crippen molar-refractivity contribution in [2.24, 2.45) is 0 Å². The molecule has 0 radical (unpaired) electrons. The molecule has 3 rings (SSSR count). The lowest BCUT2D eigenvalue weighted by molar-refractivity contribution is -0.121. The van der Waals surface area contributed by atoms with Crippen molar-refractivity contribution in [3.05, 3.63) is 41.7 Å². The van der Waals surface area contributed by atoms with Crippen LogP contribution in [-0.2, 0) is 16.0 Å². The van der Waals surface area contributed by atoms with Gasteiger partial charge < -0.3 is 14.7 Å². The summed E-state index contributed by atoms with van der Waals surface area (Å²) >= 11 is 0. The van der Waals surface area contributed by atoms with Gasteiger partial charge in [0.05, 0.1) is 0 Å². The average molecular weight is 299 g/mol. The first-order valence-electron chi connectivity index (χ1n) is 7.25. The van der Waals surface area contributed by atoms with Crippen LogP contribution in [-0.4, -0.2) is 23.5 Å². The van der Waals surface area contributed by atoms with Crippen molar-refractivity contribution < 1.29 is 14.1 Å². The second kappa shape index (κ2) is 6.01. The molecule has 1 N–H and O–H groups in total. The highest BCUT2D eigenvalue weighted by atomic mass is 16.5. The van der Waals surface area contributed by atoms with Gasteiger partial charge in [0.25, 0.3) is 0 Å². The number of nitrogens with zero attached hydrogens (tertiary/aromatic N) is 2. The van der Waals surface area contributed by atoms with Crippen molar-refractivity contribution in [3.63, 3.8) is 0 Å². The molecule has 0 fully saturated rings. The second-order valence-corrected chi connectivity index (χ2v) is 5.33. The van der Waals surface area contributed by atoms with E-state index in [1.165, 1.54) is 0 Å². The number of aryl methyl sites for hydroxylation is 2. The zero-order valence-electron chi connectivity index (χ0n) is 12.3. The number of fused-ring (bicyclic) bond motifs is 1. The summed E-state index contributed by atoms with van der Waals surface area (Å²) in [5, 5.41) is 6.36. The van der Waals surface area contributed by atoms with Crippen molar-refractivity contribution in [1.29, 1.82) is 0 Å². The van der Waals surface area contributed by atoms with Crippen LogP contribution >= 0.6 is 0 Å². The van der Waals surface area contributed by atoms with Gasteiger partial charge in [-0.05, 0) is 31.4 Å².